The van der Waals surface area contributed by atoms with Gasteiger partial charge in [-0.1, -0.05) is 63.9 Å². The van der Waals surface area contributed by atoms with Gasteiger partial charge in [-0.05, 0) is 17.9 Å². The number of carbonyl (C=O) groups excluding carboxylic acids is 1. The molecular weight excluding hydrogens is 236 g/mol. The maximum Gasteiger partial charge on any atom is 0.237 e. The first kappa shape index (κ1) is 15.7. The van der Waals surface area contributed by atoms with Gasteiger partial charge in [-0.15, -0.1) is 0 Å². The third kappa shape index (κ3) is 4.35. The molecule has 19 heavy (non-hydrogen) atoms. The van der Waals surface area contributed by atoms with E-state index in [1.54, 1.807) is 0 Å². The molecule has 0 aliphatic heterocycles. The van der Waals surface area contributed by atoms with Crippen molar-refractivity contribution in [1.82, 2.24) is 5.32 Å². The first-order valence-electron chi connectivity index (χ1n) is 7.24. The van der Waals surface area contributed by atoms with E-state index in [0.717, 1.165) is 18.4 Å². The van der Waals surface area contributed by atoms with Gasteiger partial charge < -0.3 is 11.1 Å². The molecule has 0 aliphatic carbocycles. The lowest BCUT2D eigenvalue weighted by molar-refractivity contribution is -0.123. The van der Waals surface area contributed by atoms with Crippen LogP contribution in [0.4, 0.5) is 0 Å². The molecule has 1 aromatic carbocycles. The van der Waals surface area contributed by atoms with Crippen molar-refractivity contribution in [3.63, 3.8) is 0 Å². The zero-order chi connectivity index (χ0) is 14.3. The van der Waals surface area contributed by atoms with Gasteiger partial charge in [0, 0.05) is 0 Å². The van der Waals surface area contributed by atoms with Crippen LogP contribution in [0.1, 0.15) is 51.6 Å². The van der Waals surface area contributed by atoms with Crippen molar-refractivity contribution in [2.75, 3.05) is 0 Å². The van der Waals surface area contributed by atoms with Gasteiger partial charge in [0.1, 0.15) is 0 Å². The second kappa shape index (κ2) is 7.95. The van der Waals surface area contributed by atoms with Crippen molar-refractivity contribution in [1.29, 1.82) is 0 Å². The molecule has 3 heteroatoms. The van der Waals surface area contributed by atoms with Crippen LogP contribution in [0.5, 0.6) is 0 Å². The molecule has 0 radical (unpaired) electrons. The highest BCUT2D eigenvalue weighted by atomic mass is 16.2. The molecule has 0 bridgehead atoms. The Labute approximate surface area is 116 Å². The minimum atomic E-state index is -0.416. The minimum Gasteiger partial charge on any atom is -0.348 e. The number of nitrogens with one attached hydrogen (secondary N) is 1. The summed E-state index contributed by atoms with van der Waals surface area (Å²) < 4.78 is 0. The second-order valence-electron chi connectivity index (χ2n) is 4.99. The van der Waals surface area contributed by atoms with Crippen molar-refractivity contribution < 1.29 is 4.79 Å². The van der Waals surface area contributed by atoms with Gasteiger partial charge in [0.25, 0.3) is 0 Å². The molecule has 0 fully saturated rings. The molecule has 3 N–H and O–H groups in total. The standard InChI is InChI=1S/C16H26N2O/c1-4-12(5-2)15(13-10-8-7-9-11-13)18-16(19)14(17)6-3/h7-12,14-15H,4-6,17H2,1-3H3,(H,18,19). The number of carbonyl (C=O) groups is 1. The van der Waals surface area contributed by atoms with Crippen molar-refractivity contribution in [2.24, 2.45) is 11.7 Å². The Morgan fingerprint density at radius 2 is 1.68 bits per heavy atom. The SMILES string of the molecule is CCC(N)C(=O)NC(c1ccccc1)C(CC)CC. The van der Waals surface area contributed by atoms with E-state index < -0.39 is 6.04 Å². The topological polar surface area (TPSA) is 55.1 Å². The lowest BCUT2D eigenvalue weighted by atomic mass is 9.88. The van der Waals surface area contributed by atoms with E-state index in [1.807, 2.05) is 25.1 Å². The summed E-state index contributed by atoms with van der Waals surface area (Å²) in [6, 6.07) is 9.80. The van der Waals surface area contributed by atoms with E-state index in [9.17, 15) is 4.79 Å². The van der Waals surface area contributed by atoms with Crippen LogP contribution >= 0.6 is 0 Å². The molecule has 0 spiro atoms. The predicted octanol–water partition coefficient (Wildman–Crippen LogP) is 3.02. The van der Waals surface area contributed by atoms with E-state index >= 15 is 0 Å². The number of hydrogen-bond acceptors (Lipinski definition) is 2. The fourth-order valence-corrected chi connectivity index (χ4v) is 2.34. The van der Waals surface area contributed by atoms with Crippen LogP contribution in [0, 0.1) is 5.92 Å². The third-order valence-corrected chi connectivity index (χ3v) is 3.75. The number of amides is 1. The van der Waals surface area contributed by atoms with Crippen molar-refractivity contribution in [3.8, 4) is 0 Å². The molecule has 2 atom stereocenters. The Balaban J connectivity index is 2.90. The van der Waals surface area contributed by atoms with E-state index in [2.05, 4.69) is 31.3 Å². The average molecular weight is 262 g/mol. The molecular formula is C16H26N2O. The maximum absolute atomic E-state index is 12.1. The molecule has 1 aromatic rings. The summed E-state index contributed by atoms with van der Waals surface area (Å²) in [7, 11) is 0. The predicted molar refractivity (Wildman–Crippen MR) is 79.7 cm³/mol. The summed E-state index contributed by atoms with van der Waals surface area (Å²) >= 11 is 0. The highest BCUT2D eigenvalue weighted by Gasteiger charge is 2.24. The highest BCUT2D eigenvalue weighted by molar-refractivity contribution is 5.81. The van der Waals surface area contributed by atoms with E-state index in [1.165, 1.54) is 0 Å². The minimum absolute atomic E-state index is 0.0525. The van der Waals surface area contributed by atoms with Gasteiger partial charge in [-0.3, -0.25) is 4.79 Å². The van der Waals surface area contributed by atoms with E-state index in [0.29, 0.717) is 12.3 Å². The average Bonchev–Trinajstić information content (AvgIpc) is 2.47. The van der Waals surface area contributed by atoms with E-state index in [-0.39, 0.29) is 11.9 Å². The lowest BCUT2D eigenvalue weighted by Crippen LogP contribution is -2.43. The van der Waals surface area contributed by atoms with Crippen LogP contribution in [0.15, 0.2) is 30.3 Å². The Morgan fingerprint density at radius 3 is 2.16 bits per heavy atom. The molecule has 0 saturated carbocycles. The van der Waals surface area contributed by atoms with E-state index in [4.69, 9.17) is 5.73 Å². The number of benzene rings is 1. The van der Waals surface area contributed by atoms with Crippen LogP contribution in [-0.4, -0.2) is 11.9 Å². The molecule has 2 unspecified atom stereocenters. The van der Waals surface area contributed by atoms with Gasteiger partial charge in [-0.25, -0.2) is 0 Å². The fourth-order valence-electron chi connectivity index (χ4n) is 2.34. The first-order valence-corrected chi connectivity index (χ1v) is 7.24. The quantitative estimate of drug-likeness (QED) is 0.793. The summed E-state index contributed by atoms with van der Waals surface area (Å²) in [4.78, 5) is 12.1. The lowest BCUT2D eigenvalue weighted by Gasteiger charge is -2.28. The summed E-state index contributed by atoms with van der Waals surface area (Å²) in [5, 5.41) is 3.12. The molecule has 0 heterocycles. The molecule has 106 valence electrons. The zero-order valence-electron chi connectivity index (χ0n) is 12.2. The zero-order valence-corrected chi connectivity index (χ0v) is 12.2. The number of hydrogen-bond donors (Lipinski definition) is 2. The third-order valence-electron chi connectivity index (χ3n) is 3.75. The summed E-state index contributed by atoms with van der Waals surface area (Å²) in [6.45, 7) is 6.25. The van der Waals surface area contributed by atoms with Gasteiger partial charge >= 0.3 is 0 Å². The van der Waals surface area contributed by atoms with Crippen LogP contribution < -0.4 is 11.1 Å². The van der Waals surface area contributed by atoms with Crippen LogP contribution in [0.2, 0.25) is 0 Å². The number of nitrogens with two attached hydrogens (primary N) is 1. The molecule has 0 aromatic heterocycles. The largest absolute Gasteiger partial charge is 0.348 e. The Kier molecular flexibility index (Phi) is 6.57. The van der Waals surface area contributed by atoms with Gasteiger partial charge in [0.15, 0.2) is 0 Å². The molecule has 3 nitrogen and oxygen atoms in total. The fraction of sp³-hybridized carbons (Fsp3) is 0.562. The molecule has 1 rings (SSSR count). The summed E-state index contributed by atoms with van der Waals surface area (Å²) in [5.41, 5.74) is 6.97. The Bertz CT molecular complexity index is 374. The van der Waals surface area contributed by atoms with Gasteiger partial charge in [0.05, 0.1) is 12.1 Å². The monoisotopic (exact) mass is 262 g/mol. The number of rotatable bonds is 7. The highest BCUT2D eigenvalue weighted by Crippen LogP contribution is 2.27. The van der Waals surface area contributed by atoms with Crippen LogP contribution in [0.3, 0.4) is 0 Å². The van der Waals surface area contributed by atoms with Crippen LogP contribution in [-0.2, 0) is 4.79 Å². The van der Waals surface area contributed by atoms with Crippen molar-refractivity contribution >= 4 is 5.91 Å². The summed E-state index contributed by atoms with van der Waals surface area (Å²) in [5.74, 6) is 0.388. The van der Waals surface area contributed by atoms with Gasteiger partial charge in [-0.2, -0.15) is 0 Å². The second-order valence-corrected chi connectivity index (χ2v) is 4.99. The summed E-state index contributed by atoms with van der Waals surface area (Å²) in [6.07, 6.45) is 2.74. The maximum atomic E-state index is 12.1. The van der Waals surface area contributed by atoms with Crippen molar-refractivity contribution in [3.05, 3.63) is 35.9 Å². The Morgan fingerprint density at radius 1 is 1.11 bits per heavy atom. The molecule has 0 saturated heterocycles. The first-order chi connectivity index (χ1) is 9.13. The normalized spacial score (nSPS) is 14.2. The van der Waals surface area contributed by atoms with Crippen molar-refractivity contribution in [2.45, 2.75) is 52.1 Å². The molecule has 0 aliphatic rings. The van der Waals surface area contributed by atoms with Crippen LogP contribution in [0.25, 0.3) is 0 Å². The Hall–Kier alpha value is -1.35. The van der Waals surface area contributed by atoms with Gasteiger partial charge in [0.2, 0.25) is 5.91 Å². The molecule has 1 amide bonds. The smallest absolute Gasteiger partial charge is 0.237 e.